The van der Waals surface area contributed by atoms with E-state index >= 15 is 0 Å². The Morgan fingerprint density at radius 2 is 1.76 bits per heavy atom. The standard InChI is InChI=1S/C27H35N5O5S/c1-37-22-12-11-21-13-24(27(34)30-15-18-7-9-20(10-8-18)26(28)29)32(23(21)14-22)25(33)16-31-38(35,36)17-19-5-3-2-4-6-19/h2-10,21-24,31H,11-17H2,1H3,(H3,28,29)(H,30,34)/t21-,22+,23-,24+/m1/s1. The molecule has 2 fully saturated rings. The minimum Gasteiger partial charge on any atom is -0.384 e. The van der Waals surface area contributed by atoms with Gasteiger partial charge < -0.3 is 20.7 Å². The number of amides is 2. The Hall–Kier alpha value is -3.28. The summed E-state index contributed by atoms with van der Waals surface area (Å²) in [6.45, 7) is -0.151. The minimum absolute atomic E-state index is 0.0112. The number of sulfonamides is 1. The highest BCUT2D eigenvalue weighted by Crippen LogP contribution is 2.40. The Morgan fingerprint density at radius 1 is 1.05 bits per heavy atom. The summed E-state index contributed by atoms with van der Waals surface area (Å²) in [6, 6.07) is 14.9. The van der Waals surface area contributed by atoms with Gasteiger partial charge in [0.1, 0.15) is 11.9 Å². The summed E-state index contributed by atoms with van der Waals surface area (Å²) in [5.41, 5.74) is 7.56. The Kier molecular flexibility index (Phi) is 8.80. The molecular weight excluding hydrogens is 506 g/mol. The van der Waals surface area contributed by atoms with Gasteiger partial charge in [0.25, 0.3) is 0 Å². The number of nitrogens with zero attached hydrogens (tertiary/aromatic N) is 1. The molecule has 2 aromatic carbocycles. The maximum Gasteiger partial charge on any atom is 0.243 e. The summed E-state index contributed by atoms with van der Waals surface area (Å²) in [4.78, 5) is 28.3. The molecule has 5 N–H and O–H groups in total. The van der Waals surface area contributed by atoms with Gasteiger partial charge in [0.05, 0.1) is 18.4 Å². The Morgan fingerprint density at radius 3 is 2.42 bits per heavy atom. The fraction of sp³-hybridized carbons (Fsp3) is 0.444. The fourth-order valence-electron chi connectivity index (χ4n) is 5.44. The van der Waals surface area contributed by atoms with Crippen LogP contribution in [0.1, 0.15) is 42.4 Å². The molecule has 11 heteroatoms. The average Bonchev–Trinajstić information content (AvgIpc) is 3.30. The Balaban J connectivity index is 1.44. The third-order valence-electron chi connectivity index (χ3n) is 7.43. The van der Waals surface area contributed by atoms with Crippen molar-refractivity contribution in [2.24, 2.45) is 11.7 Å². The number of likely N-dealkylation sites (tertiary alicyclic amines) is 1. The second-order valence-corrected chi connectivity index (χ2v) is 11.8. The molecule has 0 radical (unpaired) electrons. The summed E-state index contributed by atoms with van der Waals surface area (Å²) in [7, 11) is -2.10. The molecule has 204 valence electrons. The lowest BCUT2D eigenvalue weighted by Gasteiger charge is -2.36. The molecule has 1 saturated heterocycles. The third kappa shape index (κ3) is 6.77. The zero-order chi connectivity index (χ0) is 27.3. The van der Waals surface area contributed by atoms with E-state index in [0.717, 1.165) is 18.4 Å². The number of hydrogen-bond acceptors (Lipinski definition) is 6. The fourth-order valence-corrected chi connectivity index (χ4v) is 6.52. The lowest BCUT2D eigenvalue weighted by molar-refractivity contribution is -0.140. The van der Waals surface area contributed by atoms with Crippen LogP contribution in [-0.4, -0.2) is 62.8 Å². The van der Waals surface area contributed by atoms with Crippen molar-refractivity contribution in [1.29, 1.82) is 5.41 Å². The number of ether oxygens (including phenoxy) is 1. The number of nitrogen functional groups attached to an aromatic ring is 1. The van der Waals surface area contributed by atoms with Crippen LogP contribution in [0.25, 0.3) is 0 Å². The van der Waals surface area contributed by atoms with E-state index in [1.807, 2.05) is 0 Å². The number of benzene rings is 2. The molecule has 2 amide bonds. The van der Waals surface area contributed by atoms with E-state index in [0.29, 0.717) is 24.0 Å². The van der Waals surface area contributed by atoms with Crippen LogP contribution in [0, 0.1) is 11.3 Å². The molecule has 1 saturated carbocycles. The van der Waals surface area contributed by atoms with E-state index in [-0.39, 0.29) is 42.1 Å². The van der Waals surface area contributed by atoms with Crippen LogP contribution in [0.5, 0.6) is 0 Å². The van der Waals surface area contributed by atoms with Crippen molar-refractivity contribution < 1.29 is 22.7 Å². The summed E-state index contributed by atoms with van der Waals surface area (Å²) in [5, 5.41) is 10.4. The molecule has 0 spiro atoms. The van der Waals surface area contributed by atoms with E-state index in [4.69, 9.17) is 15.9 Å². The number of hydrogen-bond donors (Lipinski definition) is 4. The van der Waals surface area contributed by atoms with Crippen molar-refractivity contribution in [3.63, 3.8) is 0 Å². The van der Waals surface area contributed by atoms with Gasteiger partial charge in [-0.05, 0) is 42.7 Å². The van der Waals surface area contributed by atoms with Crippen LogP contribution >= 0.6 is 0 Å². The van der Waals surface area contributed by atoms with Crippen molar-refractivity contribution in [2.75, 3.05) is 13.7 Å². The van der Waals surface area contributed by atoms with Crippen LogP contribution in [0.15, 0.2) is 54.6 Å². The first-order chi connectivity index (χ1) is 18.2. The predicted octanol–water partition coefficient (Wildman–Crippen LogP) is 1.49. The molecule has 2 aliphatic rings. The van der Waals surface area contributed by atoms with E-state index in [2.05, 4.69) is 10.0 Å². The van der Waals surface area contributed by atoms with Gasteiger partial charge in [-0.15, -0.1) is 0 Å². The summed E-state index contributed by atoms with van der Waals surface area (Å²) >= 11 is 0. The lowest BCUT2D eigenvalue weighted by Crippen LogP contribution is -2.53. The molecule has 38 heavy (non-hydrogen) atoms. The van der Waals surface area contributed by atoms with Crippen molar-refractivity contribution in [3.8, 4) is 0 Å². The number of amidine groups is 1. The molecule has 1 heterocycles. The van der Waals surface area contributed by atoms with E-state index in [1.54, 1.807) is 66.6 Å². The summed E-state index contributed by atoms with van der Waals surface area (Å²) in [5.74, 6) is -0.805. The van der Waals surface area contributed by atoms with Crippen molar-refractivity contribution >= 4 is 27.7 Å². The number of methoxy groups -OCH3 is 1. The summed E-state index contributed by atoms with van der Waals surface area (Å²) in [6.07, 6.45) is 2.82. The van der Waals surface area contributed by atoms with E-state index in [1.165, 1.54) is 0 Å². The SMILES string of the molecule is CO[C@H]1CC[C@@H]2C[C@@H](C(=O)NCc3ccc(C(=N)N)cc3)N(C(=O)CNS(=O)(=O)Cc3ccccc3)[C@@H]2C1. The lowest BCUT2D eigenvalue weighted by atomic mass is 9.83. The molecule has 0 aromatic heterocycles. The average molecular weight is 542 g/mol. The number of carbonyl (C=O) groups is 2. The topological polar surface area (TPSA) is 155 Å². The number of fused-ring (bicyclic) bond motifs is 1. The van der Waals surface area contributed by atoms with Gasteiger partial charge in [-0.1, -0.05) is 54.6 Å². The van der Waals surface area contributed by atoms with Crippen molar-refractivity contribution in [1.82, 2.24) is 14.9 Å². The zero-order valence-corrected chi connectivity index (χ0v) is 22.2. The maximum absolute atomic E-state index is 13.4. The molecule has 4 atom stereocenters. The predicted molar refractivity (Wildman–Crippen MR) is 144 cm³/mol. The minimum atomic E-state index is -3.74. The highest BCUT2D eigenvalue weighted by atomic mass is 32.2. The Labute approximate surface area is 223 Å². The molecule has 4 rings (SSSR count). The monoisotopic (exact) mass is 541 g/mol. The second kappa shape index (κ2) is 12.1. The van der Waals surface area contributed by atoms with Gasteiger partial charge >= 0.3 is 0 Å². The first-order valence-electron chi connectivity index (χ1n) is 12.7. The molecule has 0 unspecified atom stereocenters. The second-order valence-electron chi connectivity index (χ2n) is 9.94. The molecule has 1 aliphatic carbocycles. The van der Waals surface area contributed by atoms with E-state index < -0.39 is 28.5 Å². The smallest absolute Gasteiger partial charge is 0.243 e. The molecule has 1 aliphatic heterocycles. The van der Waals surface area contributed by atoms with Gasteiger partial charge in [-0.3, -0.25) is 15.0 Å². The van der Waals surface area contributed by atoms with Gasteiger partial charge in [-0.2, -0.15) is 0 Å². The number of rotatable bonds is 10. The van der Waals surface area contributed by atoms with E-state index in [9.17, 15) is 18.0 Å². The van der Waals surface area contributed by atoms with Crippen LogP contribution in [0.2, 0.25) is 0 Å². The van der Waals surface area contributed by atoms with Crippen LogP contribution in [0.4, 0.5) is 0 Å². The van der Waals surface area contributed by atoms with Gasteiger partial charge in [-0.25, -0.2) is 13.1 Å². The maximum atomic E-state index is 13.4. The molecule has 2 aromatic rings. The molecular formula is C27H35N5O5S. The van der Waals surface area contributed by atoms with Gasteiger partial charge in [0.2, 0.25) is 21.8 Å². The molecule has 10 nitrogen and oxygen atoms in total. The normalized spacial score (nSPS) is 23.0. The van der Waals surface area contributed by atoms with Gasteiger partial charge in [0, 0.05) is 25.3 Å². The van der Waals surface area contributed by atoms with Crippen LogP contribution in [-0.2, 0) is 36.6 Å². The highest BCUT2D eigenvalue weighted by molar-refractivity contribution is 7.88. The Bertz CT molecular complexity index is 1250. The number of nitrogens with two attached hydrogens (primary N) is 1. The third-order valence-corrected chi connectivity index (χ3v) is 8.72. The number of carbonyl (C=O) groups excluding carboxylic acids is 2. The first-order valence-corrected chi connectivity index (χ1v) is 14.4. The quantitative estimate of drug-likeness (QED) is 0.264. The largest absolute Gasteiger partial charge is 0.384 e. The van der Waals surface area contributed by atoms with Crippen molar-refractivity contribution in [2.45, 2.75) is 56.2 Å². The molecule has 0 bridgehead atoms. The number of nitrogens with one attached hydrogen (secondary N) is 3. The van der Waals surface area contributed by atoms with Crippen LogP contribution in [0.3, 0.4) is 0 Å². The first kappa shape index (κ1) is 27.7. The van der Waals surface area contributed by atoms with Crippen LogP contribution < -0.4 is 15.8 Å². The zero-order valence-electron chi connectivity index (χ0n) is 21.4. The highest BCUT2D eigenvalue weighted by Gasteiger charge is 2.49. The van der Waals surface area contributed by atoms with Crippen molar-refractivity contribution in [3.05, 3.63) is 71.3 Å². The summed E-state index contributed by atoms with van der Waals surface area (Å²) < 4.78 is 33.3. The van der Waals surface area contributed by atoms with Gasteiger partial charge in [0.15, 0.2) is 0 Å².